The summed E-state index contributed by atoms with van der Waals surface area (Å²) in [5.41, 5.74) is 0.563. The molecule has 0 spiro atoms. The predicted octanol–water partition coefficient (Wildman–Crippen LogP) is 1.23. The summed E-state index contributed by atoms with van der Waals surface area (Å²) >= 11 is 0. The number of para-hydroxylation sites is 1. The van der Waals surface area contributed by atoms with Gasteiger partial charge in [-0.2, -0.15) is 8.42 Å². The number of benzene rings is 1. The standard InChI is InChI=1S/C14H17FN2O4S/c1-2-7-16-14(19)11-5-3-4-6-12(11)17-9-10(8-13(17)18)22(15,20)21/h3-6,10H,2,7-9H2,1H3,(H,16,19). The van der Waals surface area contributed by atoms with E-state index >= 15 is 0 Å². The minimum Gasteiger partial charge on any atom is -0.352 e. The molecule has 0 radical (unpaired) electrons. The molecule has 22 heavy (non-hydrogen) atoms. The molecule has 0 saturated carbocycles. The maximum atomic E-state index is 13.1. The van der Waals surface area contributed by atoms with Crippen molar-refractivity contribution in [2.45, 2.75) is 25.0 Å². The zero-order valence-electron chi connectivity index (χ0n) is 12.1. The molecule has 2 rings (SSSR count). The highest BCUT2D eigenvalue weighted by Gasteiger charge is 2.40. The van der Waals surface area contributed by atoms with Gasteiger partial charge in [-0.1, -0.05) is 19.1 Å². The van der Waals surface area contributed by atoms with Crippen LogP contribution in [0.25, 0.3) is 0 Å². The quantitative estimate of drug-likeness (QED) is 0.824. The average Bonchev–Trinajstić information content (AvgIpc) is 2.86. The van der Waals surface area contributed by atoms with Crippen LogP contribution in [0.5, 0.6) is 0 Å². The molecular weight excluding hydrogens is 311 g/mol. The summed E-state index contributed by atoms with van der Waals surface area (Å²) in [7, 11) is -4.79. The van der Waals surface area contributed by atoms with Crippen LogP contribution in [0.4, 0.5) is 9.57 Å². The lowest BCUT2D eigenvalue weighted by Gasteiger charge is -2.19. The summed E-state index contributed by atoms with van der Waals surface area (Å²) in [6.45, 7) is 2.12. The Bertz CT molecular complexity index is 690. The van der Waals surface area contributed by atoms with Crippen molar-refractivity contribution in [1.29, 1.82) is 0 Å². The third-order valence-electron chi connectivity index (χ3n) is 3.46. The molecule has 0 aromatic heterocycles. The van der Waals surface area contributed by atoms with E-state index in [2.05, 4.69) is 5.32 Å². The smallest absolute Gasteiger partial charge is 0.307 e. The summed E-state index contributed by atoms with van der Waals surface area (Å²) in [6.07, 6.45) is 0.350. The fraction of sp³-hybridized carbons (Fsp3) is 0.429. The maximum absolute atomic E-state index is 13.1. The highest BCUT2D eigenvalue weighted by molar-refractivity contribution is 7.87. The lowest BCUT2D eigenvalue weighted by molar-refractivity contribution is -0.117. The first-order valence-electron chi connectivity index (χ1n) is 6.95. The first-order valence-corrected chi connectivity index (χ1v) is 8.40. The molecule has 1 fully saturated rings. The molecule has 2 amide bonds. The second-order valence-electron chi connectivity index (χ2n) is 5.08. The number of hydrogen-bond acceptors (Lipinski definition) is 4. The van der Waals surface area contributed by atoms with Gasteiger partial charge >= 0.3 is 10.2 Å². The Morgan fingerprint density at radius 1 is 1.41 bits per heavy atom. The topological polar surface area (TPSA) is 83.6 Å². The highest BCUT2D eigenvalue weighted by Crippen LogP contribution is 2.28. The zero-order chi connectivity index (χ0) is 16.3. The molecule has 1 aromatic carbocycles. The van der Waals surface area contributed by atoms with E-state index in [0.29, 0.717) is 12.2 Å². The summed E-state index contributed by atoms with van der Waals surface area (Å²) in [6, 6.07) is 6.38. The van der Waals surface area contributed by atoms with Crippen molar-refractivity contribution in [3.05, 3.63) is 29.8 Å². The summed E-state index contributed by atoms with van der Waals surface area (Å²) in [4.78, 5) is 25.3. The third-order valence-corrected chi connectivity index (χ3v) is 4.57. The molecular formula is C14H17FN2O4S. The fourth-order valence-electron chi connectivity index (χ4n) is 2.33. The van der Waals surface area contributed by atoms with E-state index in [1.807, 2.05) is 6.92 Å². The highest BCUT2D eigenvalue weighted by atomic mass is 32.3. The fourth-order valence-corrected chi connectivity index (χ4v) is 3.00. The Hall–Kier alpha value is -1.96. The minimum atomic E-state index is -4.79. The van der Waals surface area contributed by atoms with E-state index in [0.717, 1.165) is 11.3 Å². The molecule has 1 heterocycles. The van der Waals surface area contributed by atoms with Crippen LogP contribution < -0.4 is 10.2 Å². The summed E-state index contributed by atoms with van der Waals surface area (Å²) in [5, 5.41) is 1.32. The van der Waals surface area contributed by atoms with Gasteiger partial charge < -0.3 is 10.2 Å². The van der Waals surface area contributed by atoms with Crippen molar-refractivity contribution in [2.75, 3.05) is 18.0 Å². The Balaban J connectivity index is 2.30. The van der Waals surface area contributed by atoms with Crippen molar-refractivity contribution < 1.29 is 21.9 Å². The molecule has 0 aliphatic carbocycles. The second kappa shape index (κ2) is 6.43. The van der Waals surface area contributed by atoms with Crippen LogP contribution in [-0.2, 0) is 15.0 Å². The van der Waals surface area contributed by atoms with Crippen LogP contribution in [-0.4, -0.2) is 38.6 Å². The summed E-state index contributed by atoms with van der Waals surface area (Å²) < 4.78 is 35.1. The van der Waals surface area contributed by atoms with E-state index in [4.69, 9.17) is 0 Å². The zero-order valence-corrected chi connectivity index (χ0v) is 12.9. The lowest BCUT2D eigenvalue weighted by Crippen LogP contribution is -2.31. The minimum absolute atomic E-state index is 0.265. The number of carbonyl (C=O) groups is 2. The van der Waals surface area contributed by atoms with Crippen molar-refractivity contribution in [3.63, 3.8) is 0 Å². The first kappa shape index (κ1) is 16.4. The third kappa shape index (κ3) is 3.44. The van der Waals surface area contributed by atoms with E-state index < -0.39 is 27.8 Å². The average molecular weight is 328 g/mol. The lowest BCUT2D eigenvalue weighted by atomic mass is 10.1. The molecule has 1 aliphatic heterocycles. The van der Waals surface area contributed by atoms with Gasteiger partial charge in [0.15, 0.2) is 0 Å². The Labute approximate surface area is 128 Å². The van der Waals surface area contributed by atoms with Gasteiger partial charge in [0.25, 0.3) is 5.91 Å². The van der Waals surface area contributed by atoms with E-state index in [9.17, 15) is 21.9 Å². The number of nitrogens with zero attached hydrogens (tertiary/aromatic N) is 1. The number of rotatable bonds is 5. The van der Waals surface area contributed by atoms with E-state index in [-0.39, 0.29) is 18.0 Å². The van der Waals surface area contributed by atoms with Crippen LogP contribution in [0.15, 0.2) is 24.3 Å². The Kier molecular flexibility index (Phi) is 4.80. The number of nitrogens with one attached hydrogen (secondary N) is 1. The molecule has 0 bridgehead atoms. The van der Waals surface area contributed by atoms with Crippen LogP contribution in [0.2, 0.25) is 0 Å². The van der Waals surface area contributed by atoms with Gasteiger partial charge in [-0.15, -0.1) is 3.89 Å². The van der Waals surface area contributed by atoms with E-state index in [1.165, 1.54) is 0 Å². The first-order chi connectivity index (χ1) is 10.3. The molecule has 1 atom stereocenters. The van der Waals surface area contributed by atoms with Crippen LogP contribution in [0.1, 0.15) is 30.1 Å². The molecule has 1 unspecified atom stereocenters. The molecule has 1 saturated heterocycles. The van der Waals surface area contributed by atoms with Crippen LogP contribution in [0, 0.1) is 0 Å². The van der Waals surface area contributed by atoms with E-state index in [1.54, 1.807) is 24.3 Å². The van der Waals surface area contributed by atoms with Gasteiger partial charge in [0, 0.05) is 19.5 Å². The van der Waals surface area contributed by atoms with Gasteiger partial charge in [-0.05, 0) is 18.6 Å². The number of hydrogen-bond donors (Lipinski definition) is 1. The Morgan fingerprint density at radius 2 is 2.09 bits per heavy atom. The molecule has 120 valence electrons. The molecule has 1 aromatic rings. The number of carbonyl (C=O) groups excluding carboxylic acids is 2. The van der Waals surface area contributed by atoms with Gasteiger partial charge in [-0.25, -0.2) is 0 Å². The van der Waals surface area contributed by atoms with Crippen molar-refractivity contribution in [1.82, 2.24) is 5.32 Å². The van der Waals surface area contributed by atoms with Crippen molar-refractivity contribution >= 4 is 27.7 Å². The number of anilines is 1. The molecule has 6 nitrogen and oxygen atoms in total. The predicted molar refractivity (Wildman–Crippen MR) is 79.9 cm³/mol. The van der Waals surface area contributed by atoms with Gasteiger partial charge in [-0.3, -0.25) is 9.59 Å². The second-order valence-corrected chi connectivity index (χ2v) is 6.70. The van der Waals surface area contributed by atoms with Crippen LogP contribution in [0.3, 0.4) is 0 Å². The molecule has 8 heteroatoms. The normalized spacial score (nSPS) is 18.5. The SMILES string of the molecule is CCCNC(=O)c1ccccc1N1CC(S(=O)(=O)F)CC1=O. The van der Waals surface area contributed by atoms with Crippen molar-refractivity contribution in [3.8, 4) is 0 Å². The summed E-state index contributed by atoms with van der Waals surface area (Å²) in [5.74, 6) is -0.862. The van der Waals surface area contributed by atoms with Crippen LogP contribution >= 0.6 is 0 Å². The van der Waals surface area contributed by atoms with Gasteiger partial charge in [0.2, 0.25) is 5.91 Å². The maximum Gasteiger partial charge on any atom is 0.307 e. The monoisotopic (exact) mass is 328 g/mol. The molecule has 1 aliphatic rings. The number of amides is 2. The Morgan fingerprint density at radius 3 is 2.68 bits per heavy atom. The van der Waals surface area contributed by atoms with Crippen molar-refractivity contribution in [2.24, 2.45) is 0 Å². The molecule has 1 N–H and O–H groups in total. The van der Waals surface area contributed by atoms with Gasteiger partial charge in [0.1, 0.15) is 5.25 Å². The number of halogens is 1. The largest absolute Gasteiger partial charge is 0.352 e. The van der Waals surface area contributed by atoms with Gasteiger partial charge in [0.05, 0.1) is 11.3 Å².